The van der Waals surface area contributed by atoms with Crippen LogP contribution >= 0.6 is 0 Å². The Labute approximate surface area is 205 Å². The third-order valence-electron chi connectivity index (χ3n) is 11.3. The van der Waals surface area contributed by atoms with E-state index in [1.54, 1.807) is 17.1 Å². The molecule has 1 heterocycles. The highest BCUT2D eigenvalue weighted by Crippen LogP contribution is 2.66. The van der Waals surface area contributed by atoms with Crippen molar-refractivity contribution in [3.05, 3.63) is 18.0 Å². The lowest BCUT2D eigenvalue weighted by Crippen LogP contribution is -2.56. The van der Waals surface area contributed by atoms with Gasteiger partial charge in [-0.05, 0) is 106 Å². The van der Waals surface area contributed by atoms with Crippen LogP contribution in [0.25, 0.3) is 0 Å². The van der Waals surface area contributed by atoms with Crippen molar-refractivity contribution in [1.29, 1.82) is 5.26 Å². The van der Waals surface area contributed by atoms with Gasteiger partial charge in [-0.1, -0.05) is 20.3 Å². The number of aliphatic hydroxyl groups is 1. The fourth-order valence-electron chi connectivity index (χ4n) is 9.21. The van der Waals surface area contributed by atoms with Gasteiger partial charge in [0.15, 0.2) is 0 Å². The van der Waals surface area contributed by atoms with Gasteiger partial charge in [-0.2, -0.15) is 10.4 Å². The van der Waals surface area contributed by atoms with Crippen molar-refractivity contribution in [2.45, 2.75) is 110 Å². The molecule has 4 aliphatic rings. The largest absolute Gasteiger partial charge is 0.390 e. The molecule has 5 rings (SSSR count). The predicted molar refractivity (Wildman–Crippen MR) is 132 cm³/mol. The third-order valence-corrected chi connectivity index (χ3v) is 11.3. The summed E-state index contributed by atoms with van der Waals surface area (Å²) in [4.78, 5) is 13.5. The summed E-state index contributed by atoms with van der Waals surface area (Å²) in [5, 5.41) is 24.1. The first-order valence-corrected chi connectivity index (χ1v) is 13.8. The van der Waals surface area contributed by atoms with E-state index in [0.29, 0.717) is 35.6 Å². The minimum atomic E-state index is -0.496. The van der Waals surface area contributed by atoms with Crippen LogP contribution in [0.15, 0.2) is 12.4 Å². The summed E-state index contributed by atoms with van der Waals surface area (Å²) in [5.41, 5.74) is 0.529. The van der Waals surface area contributed by atoms with E-state index in [2.05, 4.69) is 25.0 Å². The van der Waals surface area contributed by atoms with Crippen LogP contribution in [-0.4, -0.2) is 26.3 Å². The summed E-state index contributed by atoms with van der Waals surface area (Å²) in [5.74, 6) is 3.47. The molecule has 0 aliphatic heterocycles. The van der Waals surface area contributed by atoms with Crippen molar-refractivity contribution >= 4 is 5.78 Å². The van der Waals surface area contributed by atoms with Gasteiger partial charge in [0.25, 0.3) is 0 Å². The molecule has 0 aromatic carbocycles. The van der Waals surface area contributed by atoms with Gasteiger partial charge in [-0.25, -0.2) is 0 Å². The monoisotopic (exact) mass is 465 g/mol. The molecular weight excluding hydrogens is 422 g/mol. The predicted octanol–water partition coefficient (Wildman–Crippen LogP) is 5.90. The molecule has 1 N–H and O–H groups in total. The number of carbonyl (C=O) groups excluding carboxylic acids is 1. The zero-order valence-electron chi connectivity index (χ0n) is 21.4. The number of nitriles is 1. The number of nitrogens with zero attached hydrogens (tertiary/aromatic N) is 3. The number of Topliss-reactive ketones (excluding diaryl/α,β-unsaturated/α-hetero) is 1. The van der Waals surface area contributed by atoms with E-state index in [1.165, 1.54) is 44.9 Å². The van der Waals surface area contributed by atoms with Gasteiger partial charge in [0.1, 0.15) is 11.9 Å². The van der Waals surface area contributed by atoms with Crippen molar-refractivity contribution in [3.8, 4) is 6.07 Å². The lowest BCUT2D eigenvalue weighted by atomic mass is 9.42. The number of fused-ring (bicyclic) bond motifs is 5. The average Bonchev–Trinajstić information content (AvgIpc) is 3.23. The van der Waals surface area contributed by atoms with Crippen molar-refractivity contribution in [2.24, 2.45) is 40.4 Å². The first kappa shape index (κ1) is 24.0. The highest BCUT2D eigenvalue weighted by molar-refractivity contribution is 5.82. The van der Waals surface area contributed by atoms with Crippen LogP contribution in [0.2, 0.25) is 0 Å². The molecule has 1 aromatic rings. The Morgan fingerprint density at radius 2 is 1.85 bits per heavy atom. The maximum absolute atomic E-state index is 13.5. The Morgan fingerprint density at radius 1 is 1.06 bits per heavy atom. The number of rotatable bonds is 4. The fourth-order valence-corrected chi connectivity index (χ4v) is 9.21. The second-order valence-corrected chi connectivity index (χ2v) is 13.0. The van der Waals surface area contributed by atoms with E-state index in [9.17, 15) is 9.90 Å². The highest BCUT2D eigenvalue weighted by Gasteiger charge is 2.59. The Bertz CT molecular complexity index is 961. The molecule has 4 aliphatic carbocycles. The Hall–Kier alpha value is -1.67. The highest BCUT2D eigenvalue weighted by atomic mass is 16.3. The summed E-state index contributed by atoms with van der Waals surface area (Å²) in [6.07, 6.45) is 16.6. The summed E-state index contributed by atoms with van der Waals surface area (Å²) in [6.45, 7) is 7.63. The summed E-state index contributed by atoms with van der Waals surface area (Å²) >= 11 is 0. The molecule has 34 heavy (non-hydrogen) atoms. The molecule has 4 fully saturated rings. The quantitative estimate of drug-likeness (QED) is 0.600. The van der Waals surface area contributed by atoms with Gasteiger partial charge < -0.3 is 5.11 Å². The number of carbonyl (C=O) groups is 1. The first-order valence-electron chi connectivity index (χ1n) is 13.8. The zero-order chi connectivity index (χ0) is 24.1. The van der Waals surface area contributed by atoms with Gasteiger partial charge >= 0.3 is 0 Å². The molecular formula is C29H43N3O2. The van der Waals surface area contributed by atoms with Crippen LogP contribution in [0.3, 0.4) is 0 Å². The molecule has 4 saturated carbocycles. The second-order valence-electron chi connectivity index (χ2n) is 13.0. The molecule has 8 atom stereocenters. The smallest absolute Gasteiger partial charge is 0.138 e. The van der Waals surface area contributed by atoms with E-state index in [4.69, 9.17) is 5.26 Å². The minimum absolute atomic E-state index is 0.123. The van der Waals surface area contributed by atoms with Crippen LogP contribution in [0.1, 0.15) is 103 Å². The number of aryl methyl sites for hydroxylation is 1. The number of hydrogen-bond donors (Lipinski definition) is 1. The Balaban J connectivity index is 1.32. The molecule has 0 bridgehead atoms. The topological polar surface area (TPSA) is 78.9 Å². The molecule has 1 aromatic heterocycles. The van der Waals surface area contributed by atoms with Crippen LogP contribution in [0, 0.1) is 51.8 Å². The molecule has 0 spiro atoms. The molecule has 5 nitrogen and oxygen atoms in total. The summed E-state index contributed by atoms with van der Waals surface area (Å²) in [7, 11) is 0. The van der Waals surface area contributed by atoms with E-state index in [1.807, 2.05) is 6.92 Å². The van der Waals surface area contributed by atoms with E-state index in [0.717, 1.165) is 43.4 Å². The summed E-state index contributed by atoms with van der Waals surface area (Å²) in [6, 6.07) is 2.12. The van der Waals surface area contributed by atoms with Crippen molar-refractivity contribution in [3.63, 3.8) is 0 Å². The lowest BCUT2D eigenvalue weighted by Gasteiger charge is -2.62. The number of aromatic nitrogens is 2. The normalized spacial score (nSPS) is 44.1. The van der Waals surface area contributed by atoms with Crippen molar-refractivity contribution in [1.82, 2.24) is 9.78 Å². The van der Waals surface area contributed by atoms with Crippen LogP contribution in [-0.2, 0) is 11.3 Å². The van der Waals surface area contributed by atoms with Crippen LogP contribution in [0.5, 0.6) is 0 Å². The molecule has 0 radical (unpaired) electrons. The van der Waals surface area contributed by atoms with Gasteiger partial charge in [0, 0.05) is 25.1 Å². The maximum atomic E-state index is 13.5. The lowest BCUT2D eigenvalue weighted by molar-refractivity contribution is -0.151. The molecule has 186 valence electrons. The molecule has 0 amide bonds. The second kappa shape index (κ2) is 8.77. The van der Waals surface area contributed by atoms with E-state index >= 15 is 0 Å². The number of ketones is 1. The van der Waals surface area contributed by atoms with Crippen molar-refractivity contribution < 1.29 is 9.90 Å². The maximum Gasteiger partial charge on any atom is 0.138 e. The zero-order valence-corrected chi connectivity index (χ0v) is 21.4. The van der Waals surface area contributed by atoms with Crippen LogP contribution < -0.4 is 0 Å². The van der Waals surface area contributed by atoms with Gasteiger partial charge in [0.2, 0.25) is 0 Å². The van der Waals surface area contributed by atoms with Gasteiger partial charge in [-0.15, -0.1) is 0 Å². The SMILES string of the molecule is C[C@]1(O)CC[C@@H]2CC[C@@H]3[C@H](CC[C@]4(C)[C@@H](C(=O)CCn5cc(C#N)cn5)CCC[C@@H]34)[C@@]2(C)CC1. The van der Waals surface area contributed by atoms with E-state index in [-0.39, 0.29) is 11.3 Å². The Morgan fingerprint density at radius 3 is 2.62 bits per heavy atom. The fraction of sp³-hybridized carbons (Fsp3) is 0.828. The van der Waals surface area contributed by atoms with Gasteiger partial charge in [0.05, 0.1) is 17.4 Å². The van der Waals surface area contributed by atoms with Crippen molar-refractivity contribution in [2.75, 3.05) is 0 Å². The average molecular weight is 466 g/mol. The number of hydrogen-bond acceptors (Lipinski definition) is 4. The Kier molecular flexibility index (Phi) is 6.20. The molecule has 0 unspecified atom stereocenters. The molecule has 0 saturated heterocycles. The van der Waals surface area contributed by atoms with Gasteiger partial charge in [-0.3, -0.25) is 9.48 Å². The molecule has 5 heteroatoms. The minimum Gasteiger partial charge on any atom is -0.390 e. The first-order chi connectivity index (χ1) is 16.2. The summed E-state index contributed by atoms with van der Waals surface area (Å²) < 4.78 is 1.75. The third kappa shape index (κ3) is 4.04. The van der Waals surface area contributed by atoms with E-state index < -0.39 is 5.60 Å². The van der Waals surface area contributed by atoms with Crippen LogP contribution in [0.4, 0.5) is 0 Å². The standard InChI is InChI=1S/C29H43N3O2/c1-27(34)12-9-21-7-8-22-23-5-4-6-25(26(33)11-16-32-19-20(17-30)18-31-32)29(23,3)13-10-24(22)28(21,2)15-14-27/h18-19,21-25,34H,4-16H2,1-3H3/t21-,22-,23-,24-,25+,27-,28-,29-/m0/s1.